The van der Waals surface area contributed by atoms with Crippen LogP contribution in [0.4, 0.5) is 5.69 Å². The van der Waals surface area contributed by atoms with Crippen molar-refractivity contribution in [2.45, 2.75) is 51.9 Å². The molecule has 0 atom stereocenters. The molecule has 1 nitrogen and oxygen atoms in total. The van der Waals surface area contributed by atoms with Gasteiger partial charge < -0.3 is 0 Å². The molecule has 0 radical (unpaired) electrons. The van der Waals surface area contributed by atoms with Crippen LogP contribution in [0.15, 0.2) is 187 Å². The Morgan fingerprint density at radius 3 is 1.45 bits per heavy atom. The van der Waals surface area contributed by atoms with Gasteiger partial charge in [-0.2, -0.15) is 0 Å². The quantitative estimate of drug-likeness (QED) is 0.118. The van der Waals surface area contributed by atoms with E-state index in [1.165, 1.54) is 99.4 Å². The van der Waals surface area contributed by atoms with Gasteiger partial charge in [-0.1, -0.05) is 204 Å². The lowest BCUT2D eigenvalue weighted by atomic mass is 9.73. The maximum Gasteiger partial charge on any atom is 0.0662 e. The molecule has 288 valence electrons. The average Bonchev–Trinajstić information content (AvgIpc) is 3.66. The van der Waals surface area contributed by atoms with Crippen LogP contribution in [-0.2, 0) is 17.3 Å². The van der Waals surface area contributed by atoms with E-state index in [4.69, 9.17) is 4.99 Å². The maximum absolute atomic E-state index is 5.35. The number of para-hydroxylation sites is 1. The molecular formula is C59H47N. The first-order chi connectivity index (χ1) is 29.2. The molecule has 0 N–H and O–H groups in total. The molecule has 0 fully saturated rings. The van der Waals surface area contributed by atoms with E-state index in [1.807, 2.05) is 0 Å². The first-order valence-corrected chi connectivity index (χ1v) is 21.4. The zero-order valence-electron chi connectivity index (χ0n) is 35.0. The molecule has 0 unspecified atom stereocenters. The Morgan fingerprint density at radius 2 is 0.900 bits per heavy atom. The lowest BCUT2D eigenvalue weighted by molar-refractivity contribution is 0.665. The normalized spacial score (nSPS) is 14.5. The summed E-state index contributed by atoms with van der Waals surface area (Å²) in [5.41, 5.74) is 21.3. The van der Waals surface area contributed by atoms with E-state index in [0.717, 1.165) is 23.4 Å². The van der Waals surface area contributed by atoms with Crippen molar-refractivity contribution in [2.75, 3.05) is 0 Å². The summed E-state index contributed by atoms with van der Waals surface area (Å²) in [4.78, 5) is 5.35. The minimum absolute atomic E-state index is 0.200. The minimum Gasteiger partial charge on any atom is -0.252 e. The predicted molar refractivity (Wildman–Crippen MR) is 255 cm³/mol. The fourth-order valence-corrected chi connectivity index (χ4v) is 10.8. The highest BCUT2D eigenvalue weighted by atomic mass is 14.8. The van der Waals surface area contributed by atoms with Crippen molar-refractivity contribution < 1.29 is 0 Å². The fraction of sp³-hybridized carbons (Fsp3) is 0.136. The predicted octanol–water partition coefficient (Wildman–Crippen LogP) is 15.6. The van der Waals surface area contributed by atoms with E-state index >= 15 is 0 Å². The Hall–Kier alpha value is -6.83. The van der Waals surface area contributed by atoms with Gasteiger partial charge in [0.05, 0.1) is 11.4 Å². The maximum atomic E-state index is 5.35. The Labute approximate surface area is 353 Å². The topological polar surface area (TPSA) is 12.4 Å². The molecule has 0 aliphatic heterocycles. The summed E-state index contributed by atoms with van der Waals surface area (Å²) in [6.07, 6.45) is 0.744. The average molecular weight is 770 g/mol. The molecule has 0 heterocycles. The summed E-state index contributed by atoms with van der Waals surface area (Å²) in [6.45, 7) is 11.9. The summed E-state index contributed by atoms with van der Waals surface area (Å²) < 4.78 is 0. The van der Waals surface area contributed by atoms with Crippen molar-refractivity contribution >= 4 is 32.9 Å². The molecule has 0 spiro atoms. The monoisotopic (exact) mass is 769 g/mol. The highest BCUT2D eigenvalue weighted by Gasteiger charge is 2.41. The number of hydrogen-bond acceptors (Lipinski definition) is 1. The second kappa shape index (κ2) is 13.6. The highest BCUT2D eigenvalue weighted by molar-refractivity contribution is 6.26. The van der Waals surface area contributed by atoms with Crippen molar-refractivity contribution in [3.63, 3.8) is 0 Å². The summed E-state index contributed by atoms with van der Waals surface area (Å²) in [6, 6.07) is 67.5. The number of fused-ring (bicyclic) bond motifs is 10. The molecule has 0 aromatic heterocycles. The zero-order valence-corrected chi connectivity index (χ0v) is 35.0. The van der Waals surface area contributed by atoms with E-state index in [2.05, 4.69) is 217 Å². The molecule has 0 amide bonds. The van der Waals surface area contributed by atoms with Crippen LogP contribution in [0.1, 0.15) is 66.6 Å². The van der Waals surface area contributed by atoms with Gasteiger partial charge in [-0.25, -0.2) is 0 Å². The van der Waals surface area contributed by atoms with Crippen molar-refractivity contribution in [1.29, 1.82) is 0 Å². The van der Waals surface area contributed by atoms with E-state index in [9.17, 15) is 0 Å². The smallest absolute Gasteiger partial charge is 0.0662 e. The summed E-state index contributed by atoms with van der Waals surface area (Å²) in [5, 5.41) is 5.30. The van der Waals surface area contributed by atoms with Gasteiger partial charge >= 0.3 is 0 Å². The van der Waals surface area contributed by atoms with Gasteiger partial charge in [0.25, 0.3) is 0 Å². The van der Waals surface area contributed by atoms with Crippen LogP contribution in [0.5, 0.6) is 0 Å². The largest absolute Gasteiger partial charge is 0.252 e. The molecule has 9 aromatic carbocycles. The second-order valence-electron chi connectivity index (χ2n) is 17.9. The van der Waals surface area contributed by atoms with Crippen LogP contribution in [0.3, 0.4) is 0 Å². The van der Waals surface area contributed by atoms with Gasteiger partial charge in [0, 0.05) is 17.3 Å². The summed E-state index contributed by atoms with van der Waals surface area (Å²) in [5.74, 6) is 0. The van der Waals surface area contributed by atoms with Crippen LogP contribution >= 0.6 is 0 Å². The van der Waals surface area contributed by atoms with E-state index in [1.54, 1.807) is 0 Å². The standard InChI is InChI=1S/C59H47N/c1-37-18-12-17-27-50(37)60-51(36-38-19-8-6-9-20-38)39-28-30-41(31-29-39)53-47-35-33-44-42-23-13-15-25-48(42)58(2,3)56(44)54(47)52(40-21-10-7-11-22-40)46-34-32-45-43-24-14-16-26-49(43)59(4,5)57(45)55(46)53/h6-35H,36H2,1-5H3/b60-51+. The van der Waals surface area contributed by atoms with Gasteiger partial charge in [-0.05, 0) is 118 Å². The first kappa shape index (κ1) is 36.3. The van der Waals surface area contributed by atoms with Gasteiger partial charge in [0.15, 0.2) is 0 Å². The molecule has 1 heteroatoms. The van der Waals surface area contributed by atoms with Gasteiger partial charge in [0.1, 0.15) is 0 Å². The molecule has 11 rings (SSSR count). The third-order valence-corrected chi connectivity index (χ3v) is 13.6. The Bertz CT molecular complexity index is 3200. The third-order valence-electron chi connectivity index (χ3n) is 13.6. The van der Waals surface area contributed by atoms with Crippen LogP contribution in [0.25, 0.3) is 66.1 Å². The van der Waals surface area contributed by atoms with Gasteiger partial charge in [-0.15, -0.1) is 0 Å². The molecule has 0 saturated heterocycles. The number of aryl methyl sites for hydroxylation is 1. The number of benzene rings is 9. The highest BCUT2D eigenvalue weighted by Crippen LogP contribution is 2.59. The molecule has 60 heavy (non-hydrogen) atoms. The first-order valence-electron chi connectivity index (χ1n) is 21.4. The second-order valence-corrected chi connectivity index (χ2v) is 17.9. The third kappa shape index (κ3) is 5.42. The Balaban J connectivity index is 1.24. The molecular weight excluding hydrogens is 723 g/mol. The molecule has 9 aromatic rings. The van der Waals surface area contributed by atoms with Crippen LogP contribution < -0.4 is 0 Å². The molecule has 0 bridgehead atoms. The van der Waals surface area contributed by atoms with Crippen molar-refractivity contribution in [3.8, 4) is 44.5 Å². The Kier molecular flexibility index (Phi) is 8.23. The molecule has 0 saturated carbocycles. The molecule has 2 aliphatic rings. The molecule has 2 aliphatic carbocycles. The number of rotatable bonds is 6. The number of nitrogens with zero attached hydrogens (tertiary/aromatic N) is 1. The van der Waals surface area contributed by atoms with Crippen LogP contribution in [-0.4, -0.2) is 5.71 Å². The van der Waals surface area contributed by atoms with E-state index < -0.39 is 0 Å². The minimum atomic E-state index is -0.211. The van der Waals surface area contributed by atoms with Crippen molar-refractivity contribution in [3.05, 3.63) is 221 Å². The van der Waals surface area contributed by atoms with Crippen LogP contribution in [0.2, 0.25) is 0 Å². The van der Waals surface area contributed by atoms with E-state index in [0.29, 0.717) is 0 Å². The fourth-order valence-electron chi connectivity index (χ4n) is 10.8. The van der Waals surface area contributed by atoms with Gasteiger partial charge in [-0.3, -0.25) is 4.99 Å². The number of aliphatic imine (C=N–C) groups is 1. The van der Waals surface area contributed by atoms with E-state index in [-0.39, 0.29) is 10.8 Å². The SMILES string of the molecule is Cc1ccccc1/N=C(\Cc1ccccc1)c1ccc(-c2c3ccc4c(c3c(-c3ccccc3)c3ccc5c(c23)C(C)(C)c2ccccc2-5)C(C)(C)c2ccccc2-4)cc1. The zero-order chi connectivity index (χ0) is 40.8. The summed E-state index contributed by atoms with van der Waals surface area (Å²) >= 11 is 0. The number of hydrogen-bond donors (Lipinski definition) is 0. The lowest BCUT2D eigenvalue weighted by Crippen LogP contribution is -2.17. The lowest BCUT2D eigenvalue weighted by Gasteiger charge is -2.29. The van der Waals surface area contributed by atoms with Gasteiger partial charge in [0.2, 0.25) is 0 Å². The van der Waals surface area contributed by atoms with Crippen molar-refractivity contribution in [2.24, 2.45) is 4.99 Å². The summed E-state index contributed by atoms with van der Waals surface area (Å²) in [7, 11) is 0. The van der Waals surface area contributed by atoms with Crippen LogP contribution in [0, 0.1) is 6.92 Å². The van der Waals surface area contributed by atoms with Crippen molar-refractivity contribution in [1.82, 2.24) is 0 Å². The Morgan fingerprint density at radius 1 is 0.433 bits per heavy atom.